The van der Waals surface area contributed by atoms with Gasteiger partial charge in [0.2, 0.25) is 0 Å². The van der Waals surface area contributed by atoms with E-state index in [1.54, 1.807) is 6.20 Å². The van der Waals surface area contributed by atoms with Gasteiger partial charge in [0.25, 0.3) is 0 Å². The molecule has 4 nitrogen and oxygen atoms in total. The van der Waals surface area contributed by atoms with Crippen molar-refractivity contribution in [1.29, 1.82) is 1.28 Å². The third-order valence-electron chi connectivity index (χ3n) is 3.83. The number of nitrogens with one attached hydrogen (secondary N) is 1. The van der Waals surface area contributed by atoms with E-state index in [2.05, 4.69) is 24.8 Å². The molecule has 0 amide bonds. The van der Waals surface area contributed by atoms with Crippen molar-refractivity contribution in [2.75, 3.05) is 0 Å². The van der Waals surface area contributed by atoms with Gasteiger partial charge >= 0.3 is 0 Å². The first-order valence-corrected chi connectivity index (χ1v) is 7.96. The van der Waals surface area contributed by atoms with Crippen molar-refractivity contribution < 1.29 is 9.50 Å². The Morgan fingerprint density at radius 2 is 1.84 bits per heavy atom. The number of halogens is 3. The van der Waals surface area contributed by atoms with E-state index in [1.807, 2.05) is 0 Å². The minimum atomic E-state index is -0.164. The first-order chi connectivity index (χ1) is 12.1. The number of benzene rings is 1. The fourth-order valence-corrected chi connectivity index (χ4v) is 3.21. The second-order valence-electron chi connectivity index (χ2n) is 5.26. The molecule has 25 heavy (non-hydrogen) atoms. The SMILES string of the molecule is C.Clc1c[nH]c2ncnc(Cl)c12.Oc1ccc(F)c2c1CCCC2.[3H][P-2]. The van der Waals surface area contributed by atoms with Crippen LogP contribution in [0.1, 0.15) is 31.4 Å². The summed E-state index contributed by atoms with van der Waals surface area (Å²) in [5.74, 6) is 0.0913. The predicted octanol–water partition coefficient (Wildman–Crippen LogP) is 5.90. The highest BCUT2D eigenvalue weighted by atomic mass is 35.5. The Balaban J connectivity index is 0.000000230. The van der Waals surface area contributed by atoms with Gasteiger partial charge in [0.15, 0.2) is 0 Å². The highest BCUT2D eigenvalue weighted by Gasteiger charge is 2.16. The molecular weight excluding hydrogens is 383 g/mol. The number of phenolic OH excluding ortho intramolecular Hbond substituents is 1. The van der Waals surface area contributed by atoms with E-state index in [4.69, 9.17) is 24.5 Å². The van der Waals surface area contributed by atoms with E-state index in [9.17, 15) is 9.50 Å². The Morgan fingerprint density at radius 3 is 2.48 bits per heavy atom. The van der Waals surface area contributed by atoms with Crippen LogP contribution in [0.25, 0.3) is 11.0 Å². The third kappa shape index (κ3) is 4.60. The van der Waals surface area contributed by atoms with E-state index in [1.165, 1.54) is 18.5 Å². The van der Waals surface area contributed by atoms with Gasteiger partial charge in [-0.3, -0.25) is 0 Å². The Hall–Kier alpha value is -1.42. The number of aromatic amines is 1. The van der Waals surface area contributed by atoms with E-state index >= 15 is 0 Å². The predicted molar refractivity (Wildman–Crippen MR) is 104 cm³/mol. The van der Waals surface area contributed by atoms with Crippen LogP contribution in [-0.4, -0.2) is 21.3 Å². The van der Waals surface area contributed by atoms with Gasteiger partial charge in [-0.2, -0.15) is 0 Å². The lowest BCUT2D eigenvalue weighted by Crippen LogP contribution is -2.05. The Morgan fingerprint density at radius 1 is 1.16 bits per heavy atom. The van der Waals surface area contributed by atoms with Gasteiger partial charge in [0.05, 0.1) is 10.4 Å². The van der Waals surface area contributed by atoms with Gasteiger partial charge in [-0.25, -0.2) is 14.4 Å². The lowest BCUT2D eigenvalue weighted by atomic mass is 9.91. The zero-order chi connectivity index (χ0) is 18.4. The molecule has 0 saturated carbocycles. The second kappa shape index (κ2) is 9.33. The monoisotopic (exact) mass is 403 g/mol. The fraction of sp³-hybridized carbons (Fsp3) is 0.294. The maximum Gasteiger partial charge on any atom is 0.143 e. The summed E-state index contributed by atoms with van der Waals surface area (Å²) in [4.78, 5) is 10.6. The van der Waals surface area contributed by atoms with Crippen LogP contribution >= 0.6 is 33.0 Å². The zero-order valence-electron chi connectivity index (χ0n) is 13.6. The average Bonchev–Trinajstić information content (AvgIpc) is 3.03. The number of H-pyrrole nitrogens is 1. The first kappa shape index (κ1) is 19.9. The maximum absolute atomic E-state index is 13.1. The number of aromatic nitrogens is 3. The molecule has 3 aromatic rings. The van der Waals surface area contributed by atoms with Crippen LogP contribution in [0.2, 0.25) is 10.2 Å². The molecule has 1 aromatic carbocycles. The van der Waals surface area contributed by atoms with Gasteiger partial charge in [0.1, 0.15) is 28.7 Å². The molecule has 0 spiro atoms. The topological polar surface area (TPSA) is 61.8 Å². The van der Waals surface area contributed by atoms with Crippen molar-refractivity contribution in [2.45, 2.75) is 33.1 Å². The number of nitrogens with zero attached hydrogens (tertiary/aromatic N) is 2. The highest BCUT2D eigenvalue weighted by molar-refractivity contribution is 6.92. The molecule has 0 aliphatic heterocycles. The molecule has 0 unspecified atom stereocenters. The summed E-state index contributed by atoms with van der Waals surface area (Å²) >= 11 is 11.5. The van der Waals surface area contributed by atoms with Crippen molar-refractivity contribution in [3.63, 3.8) is 0 Å². The molecule has 4 rings (SSSR count). The lowest BCUT2D eigenvalue weighted by Gasteiger charge is -2.16. The third-order valence-corrected chi connectivity index (χ3v) is 4.41. The number of fused-ring (bicyclic) bond motifs is 2. The van der Waals surface area contributed by atoms with Crippen LogP contribution in [0, 0.1) is 5.82 Å². The van der Waals surface area contributed by atoms with Crippen LogP contribution in [-0.2, 0) is 12.8 Å². The normalized spacial score (nSPS) is 12.6. The van der Waals surface area contributed by atoms with Crippen molar-refractivity contribution in [2.24, 2.45) is 0 Å². The van der Waals surface area contributed by atoms with E-state index in [-0.39, 0.29) is 19.0 Å². The molecule has 1 aliphatic rings. The summed E-state index contributed by atoms with van der Waals surface area (Å²) in [6.07, 6.45) is 6.70. The molecule has 2 aromatic heterocycles. The number of hydrogen-bond acceptors (Lipinski definition) is 3. The molecule has 2 N–H and O–H groups in total. The summed E-state index contributed by atoms with van der Waals surface area (Å²) in [6.45, 7) is 0. The molecule has 0 bridgehead atoms. The number of phenols is 1. The van der Waals surface area contributed by atoms with Crippen LogP contribution in [0.4, 0.5) is 4.39 Å². The molecule has 0 saturated heterocycles. The zero-order valence-corrected chi connectivity index (χ0v) is 15.0. The van der Waals surface area contributed by atoms with E-state index in [0.717, 1.165) is 36.8 Å². The van der Waals surface area contributed by atoms with Crippen molar-refractivity contribution in [3.8, 4) is 5.75 Å². The van der Waals surface area contributed by atoms with Crippen molar-refractivity contribution in [3.05, 3.63) is 51.8 Å². The Kier molecular flexibility index (Phi) is 7.42. The Labute approximate surface area is 160 Å². The van der Waals surface area contributed by atoms with E-state index < -0.39 is 0 Å². The van der Waals surface area contributed by atoms with Crippen LogP contribution in [0.5, 0.6) is 5.75 Å². The molecule has 1 aliphatic carbocycles. The number of rotatable bonds is 0. The quantitative estimate of drug-likeness (QED) is 0.362. The summed E-state index contributed by atoms with van der Waals surface area (Å²) < 4.78 is 18.6. The fourth-order valence-electron chi connectivity index (χ4n) is 2.69. The molecule has 8 heteroatoms. The van der Waals surface area contributed by atoms with Crippen molar-refractivity contribution >= 4 is 44.1 Å². The highest BCUT2D eigenvalue weighted by Crippen LogP contribution is 2.30. The lowest BCUT2D eigenvalue weighted by molar-refractivity contribution is 0.456. The number of aromatic hydroxyl groups is 1. The summed E-state index contributed by atoms with van der Waals surface area (Å²) in [6, 6.07) is 2.79. The second-order valence-corrected chi connectivity index (χ2v) is 6.02. The Bertz CT molecular complexity index is 832. The minimum absolute atomic E-state index is 0. The standard InChI is InChI=1S/C10H11FO.C6H3Cl2N3.CH4.HP/c11-9-5-6-10(12)8-4-2-1-3-7(8)9;7-3-1-9-6-4(3)5(8)10-2-11-6;;/h5-6,12H,1-4H2;1-2H,(H,9,10,11);1H4;1H/q;;;-2/i;;;1T. The van der Waals surface area contributed by atoms with Crippen LogP contribution in [0.3, 0.4) is 0 Å². The largest absolute Gasteiger partial charge is 1.51 e. The molecule has 2 heterocycles. The van der Waals surface area contributed by atoms with Gasteiger partial charge in [-0.15, -0.1) is 0 Å². The van der Waals surface area contributed by atoms with Crippen LogP contribution < -0.4 is 0 Å². The van der Waals surface area contributed by atoms with Gasteiger partial charge in [0, 0.05) is 6.20 Å². The summed E-state index contributed by atoms with van der Waals surface area (Å²) in [5.41, 5.74) is 2.21. The molecule has 0 atom stereocenters. The molecule has 0 radical (unpaired) electrons. The van der Waals surface area contributed by atoms with Gasteiger partial charge < -0.3 is 21.2 Å². The summed E-state index contributed by atoms with van der Waals surface area (Å²) in [5, 5.41) is 11.0. The van der Waals surface area contributed by atoms with Gasteiger partial charge in [-0.05, 0) is 48.9 Å². The van der Waals surface area contributed by atoms with Gasteiger partial charge in [-0.1, -0.05) is 30.6 Å². The first-order valence-electron chi connectivity index (χ1n) is 7.65. The summed E-state index contributed by atoms with van der Waals surface area (Å²) in [7, 11) is 2.78. The molecular formula is C17H19Cl2FN3OP-2. The maximum atomic E-state index is 13.1. The smallest absolute Gasteiger partial charge is 0.143 e. The van der Waals surface area contributed by atoms with E-state index in [0.29, 0.717) is 21.2 Å². The minimum Gasteiger partial charge on any atom is -1.51 e. The number of hydrogen-bond donors (Lipinski definition) is 2. The molecule has 136 valence electrons. The average molecular weight is 404 g/mol. The van der Waals surface area contributed by atoms with Crippen LogP contribution in [0.15, 0.2) is 24.7 Å². The molecule has 0 fully saturated rings. The van der Waals surface area contributed by atoms with Crippen molar-refractivity contribution in [1.82, 2.24) is 15.0 Å².